The standard InChI is InChI=1S/C12H13F3N2/c1-8-5-10-11(6-9(8)2)17(7-16-10)4-3-12(13,14)15/h5-7H,3-4H2,1-2H3. The number of rotatable bonds is 2. The minimum Gasteiger partial charge on any atom is -0.330 e. The number of nitrogens with zero attached hydrogens (tertiary/aromatic N) is 2. The quantitative estimate of drug-likeness (QED) is 0.786. The van der Waals surface area contributed by atoms with E-state index < -0.39 is 12.6 Å². The molecule has 0 N–H and O–H groups in total. The lowest BCUT2D eigenvalue weighted by Crippen LogP contribution is -2.11. The van der Waals surface area contributed by atoms with E-state index in [4.69, 9.17) is 0 Å². The average Bonchev–Trinajstić information content (AvgIpc) is 2.57. The Balaban J connectivity index is 2.33. The number of aryl methyl sites for hydroxylation is 3. The molecule has 0 aliphatic rings. The maximum absolute atomic E-state index is 12.2. The SMILES string of the molecule is Cc1cc2ncn(CCC(F)(F)F)c2cc1C. The van der Waals surface area contributed by atoms with E-state index in [1.165, 1.54) is 6.33 Å². The third kappa shape index (κ3) is 2.60. The molecule has 0 aliphatic carbocycles. The summed E-state index contributed by atoms with van der Waals surface area (Å²) in [5.74, 6) is 0. The molecule has 0 bridgehead atoms. The summed E-state index contributed by atoms with van der Waals surface area (Å²) in [7, 11) is 0. The van der Waals surface area contributed by atoms with Gasteiger partial charge >= 0.3 is 6.18 Å². The van der Waals surface area contributed by atoms with Crippen molar-refractivity contribution in [1.29, 1.82) is 0 Å². The molecule has 5 heteroatoms. The molecule has 2 aromatic rings. The van der Waals surface area contributed by atoms with Crippen molar-refractivity contribution >= 4 is 11.0 Å². The zero-order valence-corrected chi connectivity index (χ0v) is 9.67. The van der Waals surface area contributed by atoms with Gasteiger partial charge in [-0.3, -0.25) is 0 Å². The number of benzene rings is 1. The highest BCUT2D eigenvalue weighted by atomic mass is 19.4. The van der Waals surface area contributed by atoms with Crippen LogP contribution in [0.15, 0.2) is 18.5 Å². The van der Waals surface area contributed by atoms with Gasteiger partial charge in [0.2, 0.25) is 0 Å². The van der Waals surface area contributed by atoms with Crippen LogP contribution in [0.5, 0.6) is 0 Å². The maximum Gasteiger partial charge on any atom is 0.390 e. The lowest BCUT2D eigenvalue weighted by atomic mass is 10.1. The van der Waals surface area contributed by atoms with Crippen LogP contribution in [-0.2, 0) is 6.54 Å². The molecule has 0 radical (unpaired) electrons. The first-order valence-corrected chi connectivity index (χ1v) is 5.36. The Bertz CT molecular complexity index is 540. The van der Waals surface area contributed by atoms with Gasteiger partial charge in [-0.1, -0.05) is 0 Å². The Morgan fingerprint density at radius 3 is 2.47 bits per heavy atom. The van der Waals surface area contributed by atoms with Gasteiger partial charge in [0.1, 0.15) is 0 Å². The second kappa shape index (κ2) is 4.05. The molecule has 1 aromatic carbocycles. The van der Waals surface area contributed by atoms with Gasteiger partial charge in [0.15, 0.2) is 0 Å². The summed E-state index contributed by atoms with van der Waals surface area (Å²) in [5.41, 5.74) is 3.66. The largest absolute Gasteiger partial charge is 0.390 e. The lowest BCUT2D eigenvalue weighted by Gasteiger charge is -2.08. The van der Waals surface area contributed by atoms with Crippen LogP contribution in [0.1, 0.15) is 17.5 Å². The summed E-state index contributed by atoms with van der Waals surface area (Å²) >= 11 is 0. The smallest absolute Gasteiger partial charge is 0.330 e. The highest BCUT2D eigenvalue weighted by molar-refractivity contribution is 5.77. The fraction of sp³-hybridized carbons (Fsp3) is 0.417. The summed E-state index contributed by atoms with van der Waals surface area (Å²) in [5, 5.41) is 0. The van der Waals surface area contributed by atoms with E-state index in [1.54, 1.807) is 4.57 Å². The van der Waals surface area contributed by atoms with Crippen molar-refractivity contribution < 1.29 is 13.2 Å². The molecule has 0 amide bonds. The van der Waals surface area contributed by atoms with Gasteiger partial charge in [-0.25, -0.2) is 4.98 Å². The Morgan fingerprint density at radius 2 is 1.82 bits per heavy atom. The Morgan fingerprint density at radius 1 is 1.18 bits per heavy atom. The summed E-state index contributed by atoms with van der Waals surface area (Å²) in [6, 6.07) is 3.78. The molecule has 2 rings (SSSR count). The van der Waals surface area contributed by atoms with E-state index in [0.717, 1.165) is 22.2 Å². The Kier molecular flexibility index (Phi) is 2.85. The van der Waals surface area contributed by atoms with Gasteiger partial charge in [0.05, 0.1) is 23.8 Å². The van der Waals surface area contributed by atoms with Crippen molar-refractivity contribution in [1.82, 2.24) is 9.55 Å². The van der Waals surface area contributed by atoms with Gasteiger partial charge in [0, 0.05) is 6.54 Å². The van der Waals surface area contributed by atoms with E-state index in [1.807, 2.05) is 26.0 Å². The highest BCUT2D eigenvalue weighted by Crippen LogP contribution is 2.23. The number of imidazole rings is 1. The fourth-order valence-corrected chi connectivity index (χ4v) is 1.74. The molecule has 92 valence electrons. The highest BCUT2D eigenvalue weighted by Gasteiger charge is 2.26. The van der Waals surface area contributed by atoms with Crippen LogP contribution in [0.4, 0.5) is 13.2 Å². The molecular formula is C12H13F3N2. The topological polar surface area (TPSA) is 17.8 Å². The van der Waals surface area contributed by atoms with E-state index in [2.05, 4.69) is 4.98 Å². The Hall–Kier alpha value is -1.52. The molecule has 1 heterocycles. The van der Waals surface area contributed by atoms with Crippen molar-refractivity contribution in [3.8, 4) is 0 Å². The number of aromatic nitrogens is 2. The van der Waals surface area contributed by atoms with E-state index in [0.29, 0.717) is 0 Å². The van der Waals surface area contributed by atoms with Crippen LogP contribution < -0.4 is 0 Å². The molecule has 17 heavy (non-hydrogen) atoms. The molecule has 0 unspecified atom stereocenters. The van der Waals surface area contributed by atoms with Crippen LogP contribution >= 0.6 is 0 Å². The minimum absolute atomic E-state index is 0.0809. The molecule has 0 fully saturated rings. The first-order valence-electron chi connectivity index (χ1n) is 5.36. The van der Waals surface area contributed by atoms with Crippen LogP contribution in [0, 0.1) is 13.8 Å². The maximum atomic E-state index is 12.2. The molecule has 2 nitrogen and oxygen atoms in total. The average molecular weight is 242 g/mol. The number of halogens is 3. The number of hydrogen-bond donors (Lipinski definition) is 0. The lowest BCUT2D eigenvalue weighted by molar-refractivity contribution is -0.136. The van der Waals surface area contributed by atoms with Crippen molar-refractivity contribution in [2.75, 3.05) is 0 Å². The zero-order chi connectivity index (χ0) is 12.6. The minimum atomic E-state index is -4.13. The monoisotopic (exact) mass is 242 g/mol. The van der Waals surface area contributed by atoms with E-state index >= 15 is 0 Å². The molecule has 1 aromatic heterocycles. The van der Waals surface area contributed by atoms with Crippen LogP contribution in [0.3, 0.4) is 0 Å². The van der Waals surface area contributed by atoms with E-state index in [-0.39, 0.29) is 6.54 Å². The third-order valence-electron chi connectivity index (χ3n) is 2.87. The molecule has 0 atom stereocenters. The first kappa shape index (κ1) is 12.0. The molecule has 0 saturated carbocycles. The summed E-state index contributed by atoms with van der Waals surface area (Å²) in [6.45, 7) is 3.82. The number of fused-ring (bicyclic) bond motifs is 1. The summed E-state index contributed by atoms with van der Waals surface area (Å²) in [6.07, 6.45) is -3.49. The van der Waals surface area contributed by atoms with Crippen molar-refractivity contribution in [3.05, 3.63) is 29.6 Å². The van der Waals surface area contributed by atoms with Gasteiger partial charge in [-0.2, -0.15) is 13.2 Å². The van der Waals surface area contributed by atoms with Crippen LogP contribution in [0.25, 0.3) is 11.0 Å². The summed E-state index contributed by atoms with van der Waals surface area (Å²) in [4.78, 5) is 4.12. The second-order valence-corrected chi connectivity index (χ2v) is 4.23. The van der Waals surface area contributed by atoms with Crippen LogP contribution in [0.2, 0.25) is 0 Å². The fourth-order valence-electron chi connectivity index (χ4n) is 1.74. The van der Waals surface area contributed by atoms with Crippen molar-refractivity contribution in [2.45, 2.75) is 33.0 Å². The predicted molar refractivity (Wildman–Crippen MR) is 59.9 cm³/mol. The van der Waals surface area contributed by atoms with Crippen molar-refractivity contribution in [2.24, 2.45) is 0 Å². The normalized spacial score (nSPS) is 12.3. The predicted octanol–water partition coefficient (Wildman–Crippen LogP) is 3.61. The van der Waals surface area contributed by atoms with Gasteiger partial charge in [0.25, 0.3) is 0 Å². The summed E-state index contributed by atoms with van der Waals surface area (Å²) < 4.78 is 38.0. The van der Waals surface area contributed by atoms with Gasteiger partial charge in [-0.15, -0.1) is 0 Å². The Labute approximate surface area is 97.1 Å². The van der Waals surface area contributed by atoms with Gasteiger partial charge < -0.3 is 4.57 Å². The molecular weight excluding hydrogens is 229 g/mol. The first-order chi connectivity index (χ1) is 7.87. The zero-order valence-electron chi connectivity index (χ0n) is 9.67. The third-order valence-corrected chi connectivity index (χ3v) is 2.87. The molecule has 0 spiro atoms. The number of alkyl halides is 3. The molecule has 0 aliphatic heterocycles. The van der Waals surface area contributed by atoms with Crippen LogP contribution in [-0.4, -0.2) is 15.7 Å². The van der Waals surface area contributed by atoms with E-state index in [9.17, 15) is 13.2 Å². The second-order valence-electron chi connectivity index (χ2n) is 4.23. The number of hydrogen-bond acceptors (Lipinski definition) is 1. The molecule has 0 saturated heterocycles. The van der Waals surface area contributed by atoms with Crippen molar-refractivity contribution in [3.63, 3.8) is 0 Å². The van der Waals surface area contributed by atoms with Gasteiger partial charge in [-0.05, 0) is 37.1 Å².